The Hall–Kier alpha value is -1.86. The summed E-state index contributed by atoms with van der Waals surface area (Å²) in [5.41, 5.74) is 1.52. The van der Waals surface area contributed by atoms with Crippen molar-refractivity contribution in [1.29, 1.82) is 5.26 Å². The monoisotopic (exact) mass is 302 g/mol. The first-order valence-corrected chi connectivity index (χ1v) is 6.34. The van der Waals surface area contributed by atoms with E-state index in [0.717, 1.165) is 10.9 Å². The maximum Gasteiger partial charge on any atom is 0.183 e. The van der Waals surface area contributed by atoms with E-state index in [9.17, 15) is 0 Å². The summed E-state index contributed by atoms with van der Waals surface area (Å²) >= 11 is 3.31. The van der Waals surface area contributed by atoms with Gasteiger partial charge < -0.3 is 4.74 Å². The van der Waals surface area contributed by atoms with Crippen molar-refractivity contribution in [2.24, 2.45) is 0 Å². The van der Waals surface area contributed by atoms with Crippen molar-refractivity contribution in [3.05, 3.63) is 52.3 Å². The molecule has 0 amide bonds. The van der Waals surface area contributed by atoms with Crippen LogP contribution in [0.15, 0.2) is 41.0 Å². The molecule has 1 aromatic carbocycles. The van der Waals surface area contributed by atoms with Crippen LogP contribution in [-0.2, 0) is 6.42 Å². The maximum absolute atomic E-state index is 8.96. The Morgan fingerprint density at radius 3 is 2.67 bits per heavy atom. The van der Waals surface area contributed by atoms with Crippen molar-refractivity contribution in [2.45, 2.75) is 13.3 Å². The number of nitrogens with zero attached hydrogens (tertiary/aromatic N) is 2. The van der Waals surface area contributed by atoms with E-state index in [0.29, 0.717) is 11.5 Å². The van der Waals surface area contributed by atoms with Crippen LogP contribution in [0, 0.1) is 11.3 Å². The largest absolute Gasteiger partial charge is 0.454 e. The lowest BCUT2D eigenvalue weighted by Gasteiger charge is -2.07. The summed E-state index contributed by atoms with van der Waals surface area (Å²) in [7, 11) is 0. The van der Waals surface area contributed by atoms with Gasteiger partial charge in [-0.2, -0.15) is 5.26 Å². The Kier molecular flexibility index (Phi) is 3.96. The fourth-order valence-electron chi connectivity index (χ4n) is 1.50. The Bertz CT molecular complexity index is 588. The van der Waals surface area contributed by atoms with E-state index in [-0.39, 0.29) is 5.69 Å². The molecule has 18 heavy (non-hydrogen) atoms. The maximum atomic E-state index is 8.96. The molecule has 2 aromatic rings. The minimum absolute atomic E-state index is 0.276. The Morgan fingerprint density at radius 1 is 1.33 bits per heavy atom. The number of ether oxygens (including phenoxy) is 1. The number of hydrogen-bond acceptors (Lipinski definition) is 3. The molecule has 2 rings (SSSR count). The molecule has 0 spiro atoms. The number of halogens is 1. The zero-order chi connectivity index (χ0) is 13.0. The van der Waals surface area contributed by atoms with E-state index >= 15 is 0 Å². The molecule has 90 valence electrons. The third-order valence-corrected chi connectivity index (χ3v) is 2.92. The lowest BCUT2D eigenvalue weighted by Crippen LogP contribution is -1.91. The van der Waals surface area contributed by atoms with E-state index in [1.807, 2.05) is 30.3 Å². The fourth-order valence-corrected chi connectivity index (χ4v) is 1.81. The van der Waals surface area contributed by atoms with Crippen molar-refractivity contribution in [2.75, 3.05) is 0 Å². The number of benzene rings is 1. The van der Waals surface area contributed by atoms with Gasteiger partial charge in [-0.1, -0.05) is 19.1 Å². The summed E-state index contributed by atoms with van der Waals surface area (Å²) in [6.45, 7) is 2.10. The van der Waals surface area contributed by atoms with Crippen LogP contribution in [0.25, 0.3) is 0 Å². The van der Waals surface area contributed by atoms with E-state index in [4.69, 9.17) is 10.00 Å². The molecule has 1 heterocycles. The van der Waals surface area contributed by atoms with Gasteiger partial charge in [-0.05, 0) is 46.1 Å². The third-order valence-electron chi connectivity index (χ3n) is 2.48. The molecule has 0 aliphatic heterocycles. The average molecular weight is 303 g/mol. The second kappa shape index (κ2) is 5.65. The first-order valence-electron chi connectivity index (χ1n) is 5.55. The molecule has 0 saturated heterocycles. The minimum Gasteiger partial charge on any atom is -0.454 e. The van der Waals surface area contributed by atoms with Crippen molar-refractivity contribution in [3.63, 3.8) is 0 Å². The Morgan fingerprint density at radius 2 is 2.06 bits per heavy atom. The second-order valence-corrected chi connectivity index (χ2v) is 4.63. The van der Waals surface area contributed by atoms with Crippen LogP contribution in [0.5, 0.6) is 11.5 Å². The summed E-state index contributed by atoms with van der Waals surface area (Å²) < 4.78 is 6.45. The van der Waals surface area contributed by atoms with Crippen molar-refractivity contribution >= 4 is 15.9 Å². The standard InChI is InChI=1S/C14H11BrN2O/c1-2-10-3-5-12(6-4-10)18-14-7-11(15)9-17-13(14)8-16/h3-7,9H,2H2,1H3. The van der Waals surface area contributed by atoms with Gasteiger partial charge in [-0.25, -0.2) is 4.98 Å². The van der Waals surface area contributed by atoms with Crippen LogP contribution < -0.4 is 4.74 Å². The number of nitriles is 1. The third kappa shape index (κ3) is 2.88. The highest BCUT2D eigenvalue weighted by molar-refractivity contribution is 9.10. The molecule has 0 aliphatic carbocycles. The summed E-state index contributed by atoms with van der Waals surface area (Å²) in [5, 5.41) is 8.96. The van der Waals surface area contributed by atoms with Crippen molar-refractivity contribution in [1.82, 2.24) is 4.98 Å². The summed E-state index contributed by atoms with van der Waals surface area (Å²) in [6.07, 6.45) is 2.56. The smallest absolute Gasteiger partial charge is 0.183 e. The van der Waals surface area contributed by atoms with Crippen LogP contribution in [0.1, 0.15) is 18.2 Å². The molecule has 0 fully saturated rings. The number of pyridine rings is 1. The summed E-state index contributed by atoms with van der Waals surface area (Å²) in [4.78, 5) is 3.99. The van der Waals surface area contributed by atoms with Gasteiger partial charge >= 0.3 is 0 Å². The van der Waals surface area contributed by atoms with Crippen LogP contribution in [0.3, 0.4) is 0 Å². The van der Waals surface area contributed by atoms with Gasteiger partial charge in [-0.3, -0.25) is 0 Å². The normalized spacial score (nSPS) is 9.83. The van der Waals surface area contributed by atoms with Gasteiger partial charge in [0.25, 0.3) is 0 Å². The van der Waals surface area contributed by atoms with Gasteiger partial charge in [0.05, 0.1) is 0 Å². The molecule has 4 heteroatoms. The van der Waals surface area contributed by atoms with Crippen LogP contribution in [0.2, 0.25) is 0 Å². The van der Waals surface area contributed by atoms with E-state index in [1.165, 1.54) is 5.56 Å². The van der Waals surface area contributed by atoms with Crippen LogP contribution >= 0.6 is 15.9 Å². The molecule has 3 nitrogen and oxygen atoms in total. The van der Waals surface area contributed by atoms with Crippen molar-refractivity contribution in [3.8, 4) is 17.6 Å². The zero-order valence-corrected chi connectivity index (χ0v) is 11.4. The van der Waals surface area contributed by atoms with Gasteiger partial charge in [-0.15, -0.1) is 0 Å². The Labute approximate surface area is 114 Å². The number of aromatic nitrogens is 1. The molecular formula is C14H11BrN2O. The van der Waals surface area contributed by atoms with Gasteiger partial charge in [0.1, 0.15) is 11.8 Å². The number of rotatable bonds is 3. The Balaban J connectivity index is 2.27. The molecule has 1 aromatic heterocycles. The number of hydrogen-bond donors (Lipinski definition) is 0. The quantitative estimate of drug-likeness (QED) is 0.858. The topological polar surface area (TPSA) is 45.9 Å². The van der Waals surface area contributed by atoms with Gasteiger partial charge in [0, 0.05) is 10.7 Å². The minimum atomic E-state index is 0.276. The highest BCUT2D eigenvalue weighted by atomic mass is 79.9. The predicted octanol–water partition coefficient (Wildman–Crippen LogP) is 4.07. The summed E-state index contributed by atoms with van der Waals surface area (Å²) in [6, 6.07) is 11.5. The molecular weight excluding hydrogens is 292 g/mol. The molecule has 0 radical (unpaired) electrons. The average Bonchev–Trinajstić information content (AvgIpc) is 2.40. The summed E-state index contributed by atoms with van der Waals surface area (Å²) in [5.74, 6) is 1.15. The van der Waals surface area contributed by atoms with Gasteiger partial charge in [0.2, 0.25) is 0 Å². The highest BCUT2D eigenvalue weighted by Gasteiger charge is 2.07. The first-order chi connectivity index (χ1) is 8.72. The first kappa shape index (κ1) is 12.6. The predicted molar refractivity (Wildman–Crippen MR) is 72.5 cm³/mol. The van der Waals surface area contributed by atoms with Gasteiger partial charge in [0.15, 0.2) is 11.4 Å². The SMILES string of the molecule is CCc1ccc(Oc2cc(Br)cnc2C#N)cc1. The van der Waals surface area contributed by atoms with E-state index < -0.39 is 0 Å². The zero-order valence-electron chi connectivity index (χ0n) is 9.85. The molecule has 0 saturated carbocycles. The lowest BCUT2D eigenvalue weighted by molar-refractivity contribution is 0.478. The molecule has 0 bridgehead atoms. The molecule has 0 aliphatic rings. The molecule has 0 N–H and O–H groups in total. The van der Waals surface area contributed by atoms with Crippen LogP contribution in [-0.4, -0.2) is 4.98 Å². The second-order valence-electron chi connectivity index (χ2n) is 3.71. The van der Waals surface area contributed by atoms with E-state index in [2.05, 4.69) is 27.8 Å². The highest BCUT2D eigenvalue weighted by Crippen LogP contribution is 2.26. The molecule has 0 unspecified atom stereocenters. The van der Waals surface area contributed by atoms with Crippen LogP contribution in [0.4, 0.5) is 0 Å². The van der Waals surface area contributed by atoms with E-state index in [1.54, 1.807) is 12.3 Å². The molecule has 0 atom stereocenters. The fraction of sp³-hybridized carbons (Fsp3) is 0.143. The lowest BCUT2D eigenvalue weighted by atomic mass is 10.2. The van der Waals surface area contributed by atoms with Crippen molar-refractivity contribution < 1.29 is 4.74 Å². The number of aryl methyl sites for hydroxylation is 1.